The maximum atomic E-state index is 13.5. The van der Waals surface area contributed by atoms with Crippen LogP contribution in [0.5, 0.6) is 0 Å². The van der Waals surface area contributed by atoms with E-state index < -0.39 is 0 Å². The molecule has 1 aromatic heterocycles. The van der Waals surface area contributed by atoms with E-state index in [2.05, 4.69) is 31.9 Å². The Morgan fingerprint density at radius 3 is 2.28 bits per heavy atom. The Kier molecular flexibility index (Phi) is 5.68. The van der Waals surface area contributed by atoms with Crippen molar-refractivity contribution in [3.05, 3.63) is 123 Å². The number of benzene rings is 3. The third-order valence-corrected chi connectivity index (χ3v) is 6.19. The molecule has 156 valence electrons. The van der Waals surface area contributed by atoms with Crippen LogP contribution in [0.2, 0.25) is 0 Å². The average Bonchev–Trinajstić information content (AvgIpc) is 3.40. The van der Waals surface area contributed by atoms with Crippen LogP contribution in [-0.2, 0) is 4.79 Å². The van der Waals surface area contributed by atoms with Crippen molar-refractivity contribution in [1.29, 1.82) is 0 Å². The molecule has 0 atom stereocenters. The highest BCUT2D eigenvalue weighted by Gasteiger charge is 2.30. The van der Waals surface area contributed by atoms with E-state index in [1.165, 1.54) is 0 Å². The van der Waals surface area contributed by atoms with Gasteiger partial charge in [-0.3, -0.25) is 9.69 Å². The highest BCUT2D eigenvalue weighted by Crippen LogP contribution is 2.36. The van der Waals surface area contributed by atoms with Crippen molar-refractivity contribution < 1.29 is 9.21 Å². The van der Waals surface area contributed by atoms with Crippen LogP contribution in [0.3, 0.4) is 0 Å². The largest absolute Gasteiger partial charge is 0.457 e. The summed E-state index contributed by atoms with van der Waals surface area (Å²) >= 11 is 6.96. The molecule has 3 aromatic carbocycles. The van der Waals surface area contributed by atoms with Gasteiger partial charge in [-0.1, -0.05) is 80.4 Å². The number of furan rings is 1. The standard InChI is InChI=1S/C27H17Br2NO2/c28-21-11-9-19(10-12-21)26-14-13-24(32-26)15-20-16-25(18-5-2-1-3-6-18)30(27(20)31)23-8-4-7-22(29)17-23/h1-17H/b20-15+. The summed E-state index contributed by atoms with van der Waals surface area (Å²) in [4.78, 5) is 15.2. The zero-order valence-corrected chi connectivity index (χ0v) is 20.0. The van der Waals surface area contributed by atoms with Crippen molar-refractivity contribution in [3.63, 3.8) is 0 Å². The van der Waals surface area contributed by atoms with Crippen LogP contribution in [0.1, 0.15) is 11.3 Å². The van der Waals surface area contributed by atoms with Gasteiger partial charge in [-0.05, 0) is 60.2 Å². The van der Waals surface area contributed by atoms with Crippen LogP contribution in [-0.4, -0.2) is 5.91 Å². The molecule has 0 radical (unpaired) electrons. The summed E-state index contributed by atoms with van der Waals surface area (Å²) in [6.07, 6.45) is 3.71. The smallest absolute Gasteiger partial charge is 0.263 e. The number of carbonyl (C=O) groups excluding carboxylic acids is 1. The molecule has 1 aliphatic rings. The Morgan fingerprint density at radius 1 is 0.750 bits per heavy atom. The second kappa shape index (κ2) is 8.77. The summed E-state index contributed by atoms with van der Waals surface area (Å²) in [5.41, 5.74) is 4.16. The predicted molar refractivity (Wildman–Crippen MR) is 136 cm³/mol. The number of halogens is 2. The van der Waals surface area contributed by atoms with Gasteiger partial charge in [0.1, 0.15) is 11.5 Å². The summed E-state index contributed by atoms with van der Waals surface area (Å²) in [5, 5.41) is 0. The Balaban J connectivity index is 1.54. The van der Waals surface area contributed by atoms with Crippen molar-refractivity contribution in [3.8, 4) is 11.3 Å². The van der Waals surface area contributed by atoms with Gasteiger partial charge in [0.2, 0.25) is 0 Å². The summed E-state index contributed by atoms with van der Waals surface area (Å²) < 4.78 is 7.95. The van der Waals surface area contributed by atoms with Crippen molar-refractivity contribution in [2.24, 2.45) is 0 Å². The predicted octanol–water partition coefficient (Wildman–Crippen LogP) is 7.94. The molecule has 1 aliphatic heterocycles. The minimum absolute atomic E-state index is 0.0939. The second-order valence-corrected chi connectivity index (χ2v) is 9.16. The zero-order chi connectivity index (χ0) is 22.1. The van der Waals surface area contributed by atoms with E-state index in [1.807, 2.05) is 97.1 Å². The minimum Gasteiger partial charge on any atom is -0.457 e. The first-order valence-electron chi connectivity index (χ1n) is 10.0. The molecule has 0 bridgehead atoms. The van der Waals surface area contributed by atoms with Crippen LogP contribution in [0.25, 0.3) is 23.1 Å². The number of nitrogens with zero attached hydrogens (tertiary/aromatic N) is 1. The zero-order valence-electron chi connectivity index (χ0n) is 16.8. The van der Waals surface area contributed by atoms with Gasteiger partial charge in [-0.2, -0.15) is 0 Å². The molecular formula is C27H17Br2NO2. The molecule has 3 nitrogen and oxygen atoms in total. The SMILES string of the molecule is O=C1/C(=C/c2ccc(-c3ccc(Br)cc3)o2)C=C(c2ccccc2)N1c1cccc(Br)c1. The van der Waals surface area contributed by atoms with Gasteiger partial charge in [0.05, 0.1) is 11.4 Å². The molecule has 0 saturated heterocycles. The third kappa shape index (κ3) is 4.14. The van der Waals surface area contributed by atoms with Gasteiger partial charge in [-0.25, -0.2) is 0 Å². The van der Waals surface area contributed by atoms with Gasteiger partial charge in [0.25, 0.3) is 5.91 Å². The molecule has 5 heteroatoms. The van der Waals surface area contributed by atoms with E-state index in [1.54, 1.807) is 11.0 Å². The van der Waals surface area contributed by atoms with Crippen molar-refractivity contribution in [1.82, 2.24) is 0 Å². The lowest BCUT2D eigenvalue weighted by Gasteiger charge is -2.21. The molecule has 0 aliphatic carbocycles. The Morgan fingerprint density at radius 2 is 1.53 bits per heavy atom. The number of amides is 1. The lowest BCUT2D eigenvalue weighted by Crippen LogP contribution is -2.24. The van der Waals surface area contributed by atoms with E-state index in [9.17, 15) is 4.79 Å². The van der Waals surface area contributed by atoms with Crippen LogP contribution >= 0.6 is 31.9 Å². The first kappa shape index (κ1) is 20.7. The molecule has 0 unspecified atom stereocenters. The average molecular weight is 547 g/mol. The van der Waals surface area contributed by atoms with Crippen LogP contribution in [0.15, 0.2) is 116 Å². The molecule has 0 spiro atoms. The molecule has 0 saturated carbocycles. The minimum atomic E-state index is -0.0939. The van der Waals surface area contributed by atoms with Crippen LogP contribution < -0.4 is 4.90 Å². The first-order chi connectivity index (χ1) is 15.6. The molecule has 5 rings (SSSR count). The van der Waals surface area contributed by atoms with Gasteiger partial charge < -0.3 is 4.42 Å². The molecule has 4 aromatic rings. The monoisotopic (exact) mass is 545 g/mol. The number of hydrogen-bond acceptors (Lipinski definition) is 2. The van der Waals surface area contributed by atoms with Crippen molar-refractivity contribution in [2.45, 2.75) is 0 Å². The molecule has 32 heavy (non-hydrogen) atoms. The lowest BCUT2D eigenvalue weighted by molar-refractivity contribution is -0.113. The first-order valence-corrected chi connectivity index (χ1v) is 11.6. The van der Waals surface area contributed by atoms with E-state index in [0.29, 0.717) is 11.3 Å². The fraction of sp³-hybridized carbons (Fsp3) is 0. The van der Waals surface area contributed by atoms with Crippen LogP contribution in [0.4, 0.5) is 5.69 Å². The Bertz CT molecular complexity index is 1350. The van der Waals surface area contributed by atoms with E-state index in [4.69, 9.17) is 4.42 Å². The second-order valence-electron chi connectivity index (χ2n) is 7.32. The number of anilines is 1. The maximum Gasteiger partial charge on any atom is 0.263 e. The van der Waals surface area contributed by atoms with Crippen LogP contribution in [0, 0.1) is 0 Å². The Hall–Kier alpha value is -3.15. The fourth-order valence-electron chi connectivity index (χ4n) is 3.66. The number of carbonyl (C=O) groups is 1. The third-order valence-electron chi connectivity index (χ3n) is 5.17. The Labute approximate surface area is 202 Å². The van der Waals surface area contributed by atoms with E-state index >= 15 is 0 Å². The molecular weight excluding hydrogens is 530 g/mol. The van der Waals surface area contributed by atoms with Crippen molar-refractivity contribution >= 4 is 55.2 Å². The topological polar surface area (TPSA) is 33.5 Å². The molecule has 0 N–H and O–H groups in total. The maximum absolute atomic E-state index is 13.5. The number of rotatable bonds is 4. The summed E-state index contributed by atoms with van der Waals surface area (Å²) in [6.45, 7) is 0. The summed E-state index contributed by atoms with van der Waals surface area (Å²) in [7, 11) is 0. The van der Waals surface area contributed by atoms with Gasteiger partial charge >= 0.3 is 0 Å². The van der Waals surface area contributed by atoms with Crippen molar-refractivity contribution in [2.75, 3.05) is 4.90 Å². The van der Waals surface area contributed by atoms with E-state index in [0.717, 1.165) is 37.2 Å². The molecule has 1 amide bonds. The molecule has 0 fully saturated rings. The quantitative estimate of drug-likeness (QED) is 0.243. The number of hydrogen-bond donors (Lipinski definition) is 0. The normalized spacial score (nSPS) is 14.8. The fourth-order valence-corrected chi connectivity index (χ4v) is 4.31. The van der Waals surface area contributed by atoms with Gasteiger partial charge in [0, 0.05) is 20.1 Å². The summed E-state index contributed by atoms with van der Waals surface area (Å²) in [6, 6.07) is 29.4. The lowest BCUT2D eigenvalue weighted by atomic mass is 10.1. The summed E-state index contributed by atoms with van der Waals surface area (Å²) in [5.74, 6) is 1.29. The highest BCUT2D eigenvalue weighted by molar-refractivity contribution is 9.10. The highest BCUT2D eigenvalue weighted by atomic mass is 79.9. The van der Waals surface area contributed by atoms with Gasteiger partial charge in [-0.15, -0.1) is 0 Å². The van der Waals surface area contributed by atoms with Gasteiger partial charge in [0.15, 0.2) is 0 Å². The van der Waals surface area contributed by atoms with E-state index in [-0.39, 0.29) is 5.91 Å². The molecule has 2 heterocycles.